The van der Waals surface area contributed by atoms with Gasteiger partial charge < -0.3 is 19.0 Å². The zero-order valence-electron chi connectivity index (χ0n) is 18.9. The minimum Gasteiger partial charge on any atom is -0.467 e. The number of methoxy groups -OCH3 is 1. The standard InChI is InChI=1S/C26H30N2O4S/c1-31-16-9-15-27(26(30)21-33-24-13-6-3-7-14-24)20-25(29)28(19-23-12-8-17-32-23)18-22-10-4-2-5-11-22/h2-8,10-14,17H,9,15-16,18-21H2,1H3. The Kier molecular flexibility index (Phi) is 10.1. The quantitative estimate of drug-likeness (QED) is 0.275. The smallest absolute Gasteiger partial charge is 0.242 e. The average molecular weight is 467 g/mol. The molecular weight excluding hydrogens is 436 g/mol. The fourth-order valence-corrected chi connectivity index (χ4v) is 4.16. The van der Waals surface area contributed by atoms with E-state index >= 15 is 0 Å². The summed E-state index contributed by atoms with van der Waals surface area (Å²) >= 11 is 1.48. The predicted octanol–water partition coefficient (Wildman–Crippen LogP) is 4.47. The summed E-state index contributed by atoms with van der Waals surface area (Å²) in [5, 5.41) is 0. The lowest BCUT2D eigenvalue weighted by atomic mass is 10.2. The number of hydrogen-bond donors (Lipinski definition) is 0. The molecule has 2 amide bonds. The van der Waals surface area contributed by atoms with Crippen LogP contribution in [0, 0.1) is 0 Å². The lowest BCUT2D eigenvalue weighted by Crippen LogP contribution is -2.43. The number of carbonyl (C=O) groups excluding carboxylic acids is 2. The van der Waals surface area contributed by atoms with E-state index in [1.807, 2.05) is 72.8 Å². The first-order chi connectivity index (χ1) is 16.2. The molecule has 0 radical (unpaired) electrons. The Morgan fingerprint density at radius 2 is 1.61 bits per heavy atom. The first-order valence-corrected chi connectivity index (χ1v) is 11.9. The molecular formula is C26H30N2O4S. The predicted molar refractivity (Wildman–Crippen MR) is 130 cm³/mol. The van der Waals surface area contributed by atoms with Gasteiger partial charge in [0.05, 0.1) is 25.1 Å². The second-order valence-electron chi connectivity index (χ2n) is 7.58. The molecule has 174 valence electrons. The Bertz CT molecular complexity index is 964. The van der Waals surface area contributed by atoms with Crippen molar-refractivity contribution in [2.24, 2.45) is 0 Å². The van der Waals surface area contributed by atoms with Crippen LogP contribution in [0.3, 0.4) is 0 Å². The molecule has 1 aromatic heterocycles. The molecule has 0 bridgehead atoms. The molecule has 0 atom stereocenters. The first kappa shape index (κ1) is 24.6. The van der Waals surface area contributed by atoms with E-state index in [1.54, 1.807) is 23.2 Å². The molecule has 3 aromatic rings. The van der Waals surface area contributed by atoms with Crippen molar-refractivity contribution in [1.29, 1.82) is 0 Å². The van der Waals surface area contributed by atoms with E-state index in [0.717, 1.165) is 10.5 Å². The Hall–Kier alpha value is -3.03. The molecule has 0 aliphatic carbocycles. The zero-order chi connectivity index (χ0) is 23.3. The molecule has 0 aliphatic rings. The van der Waals surface area contributed by atoms with E-state index in [2.05, 4.69) is 0 Å². The van der Waals surface area contributed by atoms with Gasteiger partial charge in [-0.05, 0) is 36.2 Å². The number of benzene rings is 2. The molecule has 1 heterocycles. The van der Waals surface area contributed by atoms with Gasteiger partial charge in [0, 0.05) is 31.7 Å². The number of furan rings is 1. The van der Waals surface area contributed by atoms with Gasteiger partial charge in [0.1, 0.15) is 5.76 Å². The lowest BCUT2D eigenvalue weighted by Gasteiger charge is -2.27. The van der Waals surface area contributed by atoms with Crippen LogP contribution in [0.4, 0.5) is 0 Å². The zero-order valence-corrected chi connectivity index (χ0v) is 19.7. The highest BCUT2D eigenvalue weighted by atomic mass is 32.2. The Morgan fingerprint density at radius 3 is 2.27 bits per heavy atom. The van der Waals surface area contributed by atoms with Crippen LogP contribution in [0.5, 0.6) is 0 Å². The Morgan fingerprint density at radius 1 is 0.879 bits per heavy atom. The highest BCUT2D eigenvalue weighted by molar-refractivity contribution is 8.00. The van der Waals surface area contributed by atoms with Crippen molar-refractivity contribution in [2.75, 3.05) is 32.6 Å². The van der Waals surface area contributed by atoms with Crippen LogP contribution in [-0.2, 0) is 27.4 Å². The number of ether oxygens (including phenoxy) is 1. The number of thioether (sulfide) groups is 1. The van der Waals surface area contributed by atoms with Crippen molar-refractivity contribution in [1.82, 2.24) is 9.80 Å². The summed E-state index contributed by atoms with van der Waals surface area (Å²) in [5.41, 5.74) is 1.02. The highest BCUT2D eigenvalue weighted by Gasteiger charge is 2.22. The summed E-state index contributed by atoms with van der Waals surface area (Å²) in [5.74, 6) is 0.800. The monoisotopic (exact) mass is 466 g/mol. The summed E-state index contributed by atoms with van der Waals surface area (Å²) in [4.78, 5) is 30.8. The van der Waals surface area contributed by atoms with Crippen molar-refractivity contribution in [2.45, 2.75) is 24.4 Å². The van der Waals surface area contributed by atoms with Gasteiger partial charge in [0.2, 0.25) is 11.8 Å². The van der Waals surface area contributed by atoms with Crippen molar-refractivity contribution in [3.8, 4) is 0 Å². The minimum atomic E-state index is -0.120. The van der Waals surface area contributed by atoms with E-state index in [9.17, 15) is 9.59 Å². The number of amides is 2. The Labute approximate surface area is 199 Å². The van der Waals surface area contributed by atoms with Crippen LogP contribution in [0.2, 0.25) is 0 Å². The lowest BCUT2D eigenvalue weighted by molar-refractivity contribution is -0.140. The van der Waals surface area contributed by atoms with Crippen LogP contribution in [0.25, 0.3) is 0 Å². The molecule has 2 aromatic carbocycles. The number of carbonyl (C=O) groups is 2. The number of nitrogens with zero attached hydrogens (tertiary/aromatic N) is 2. The molecule has 0 saturated carbocycles. The van der Waals surface area contributed by atoms with Crippen LogP contribution < -0.4 is 0 Å². The number of hydrogen-bond acceptors (Lipinski definition) is 5. The van der Waals surface area contributed by atoms with Crippen LogP contribution in [0.15, 0.2) is 88.4 Å². The SMILES string of the molecule is COCCCN(CC(=O)N(Cc1ccccc1)Cc1ccco1)C(=O)CSc1ccccc1. The molecule has 6 nitrogen and oxygen atoms in total. The van der Waals surface area contributed by atoms with Crippen LogP contribution in [-0.4, -0.2) is 54.2 Å². The van der Waals surface area contributed by atoms with Gasteiger partial charge in [-0.2, -0.15) is 0 Å². The molecule has 0 fully saturated rings. The topological polar surface area (TPSA) is 63.0 Å². The molecule has 0 aliphatic heterocycles. The normalized spacial score (nSPS) is 10.7. The summed E-state index contributed by atoms with van der Waals surface area (Å²) in [6, 6.07) is 23.3. The van der Waals surface area contributed by atoms with Gasteiger partial charge in [-0.15, -0.1) is 11.8 Å². The van der Waals surface area contributed by atoms with Gasteiger partial charge in [-0.1, -0.05) is 48.5 Å². The van der Waals surface area contributed by atoms with Gasteiger partial charge in [0.25, 0.3) is 0 Å². The van der Waals surface area contributed by atoms with E-state index in [4.69, 9.17) is 9.15 Å². The van der Waals surface area contributed by atoms with Crippen molar-refractivity contribution < 1.29 is 18.7 Å². The molecule has 0 N–H and O–H groups in total. The third-order valence-electron chi connectivity index (χ3n) is 5.06. The minimum absolute atomic E-state index is 0.0193. The fraction of sp³-hybridized carbons (Fsp3) is 0.308. The summed E-state index contributed by atoms with van der Waals surface area (Å²) < 4.78 is 10.6. The van der Waals surface area contributed by atoms with Crippen LogP contribution >= 0.6 is 11.8 Å². The summed E-state index contributed by atoms with van der Waals surface area (Å²) in [7, 11) is 1.63. The number of rotatable bonds is 13. The first-order valence-electron chi connectivity index (χ1n) is 10.9. The van der Waals surface area contributed by atoms with Crippen molar-refractivity contribution >= 4 is 23.6 Å². The average Bonchev–Trinajstić information content (AvgIpc) is 3.36. The van der Waals surface area contributed by atoms with Gasteiger partial charge in [0.15, 0.2) is 0 Å². The molecule has 0 saturated heterocycles. The summed E-state index contributed by atoms with van der Waals surface area (Å²) in [6.45, 7) is 1.81. The fourth-order valence-electron chi connectivity index (χ4n) is 3.33. The molecule has 3 rings (SSSR count). The maximum atomic E-state index is 13.3. The molecule has 33 heavy (non-hydrogen) atoms. The van der Waals surface area contributed by atoms with E-state index < -0.39 is 0 Å². The third kappa shape index (κ3) is 8.44. The maximum Gasteiger partial charge on any atom is 0.242 e. The highest BCUT2D eigenvalue weighted by Crippen LogP contribution is 2.18. The van der Waals surface area contributed by atoms with E-state index in [-0.39, 0.29) is 24.1 Å². The van der Waals surface area contributed by atoms with Crippen molar-refractivity contribution in [3.63, 3.8) is 0 Å². The van der Waals surface area contributed by atoms with Gasteiger partial charge in [-0.25, -0.2) is 0 Å². The van der Waals surface area contributed by atoms with E-state index in [1.165, 1.54) is 11.8 Å². The molecule has 0 unspecified atom stereocenters. The molecule has 7 heteroatoms. The van der Waals surface area contributed by atoms with Crippen LogP contribution in [0.1, 0.15) is 17.7 Å². The second-order valence-corrected chi connectivity index (χ2v) is 8.63. The third-order valence-corrected chi connectivity index (χ3v) is 6.05. The largest absolute Gasteiger partial charge is 0.467 e. The van der Waals surface area contributed by atoms with Gasteiger partial charge in [-0.3, -0.25) is 9.59 Å². The molecule has 0 spiro atoms. The second kappa shape index (κ2) is 13.5. The summed E-state index contributed by atoms with van der Waals surface area (Å²) in [6.07, 6.45) is 2.27. The van der Waals surface area contributed by atoms with E-state index in [0.29, 0.717) is 38.4 Å². The van der Waals surface area contributed by atoms with Crippen molar-refractivity contribution in [3.05, 3.63) is 90.4 Å². The Balaban J connectivity index is 1.68. The maximum absolute atomic E-state index is 13.3. The van der Waals surface area contributed by atoms with Gasteiger partial charge >= 0.3 is 0 Å².